The minimum atomic E-state index is -4.12. The molecule has 11 heavy (non-hydrogen) atoms. The van der Waals surface area contributed by atoms with Gasteiger partial charge in [0, 0.05) is 6.54 Å². The Kier molecular flexibility index (Phi) is 8.32. The largest absolute Gasteiger partial charge is 2.00 e. The number of aliphatic carboxylic acids is 1. The SMILES string of the molecule is O=C([O-])CNCP(=O)(O)O.[Ca+2]. The van der Waals surface area contributed by atoms with Crippen molar-refractivity contribution in [2.75, 3.05) is 12.8 Å². The van der Waals surface area contributed by atoms with Crippen LogP contribution in [0.25, 0.3) is 0 Å². The average molecular weight is 208 g/mol. The summed E-state index contributed by atoms with van der Waals surface area (Å²) in [6.45, 7) is -0.550. The summed E-state index contributed by atoms with van der Waals surface area (Å²) in [5.41, 5.74) is 0. The second-order valence-electron chi connectivity index (χ2n) is 1.62. The fourth-order valence-corrected chi connectivity index (χ4v) is 0.707. The van der Waals surface area contributed by atoms with Gasteiger partial charge < -0.3 is 25.0 Å². The smallest absolute Gasteiger partial charge is 0.549 e. The van der Waals surface area contributed by atoms with Crippen molar-refractivity contribution in [3.63, 3.8) is 0 Å². The Bertz CT molecular complexity index is 167. The first-order valence-electron chi connectivity index (χ1n) is 2.37. The van der Waals surface area contributed by atoms with Crippen molar-refractivity contribution in [2.24, 2.45) is 0 Å². The molecule has 0 aromatic heterocycles. The molecule has 0 unspecified atom stereocenters. The molecule has 0 saturated heterocycles. The van der Waals surface area contributed by atoms with Gasteiger partial charge in [-0.15, -0.1) is 0 Å². The molecule has 0 atom stereocenters. The molecule has 0 bridgehead atoms. The van der Waals surface area contributed by atoms with Crippen molar-refractivity contribution in [3.05, 3.63) is 0 Å². The first-order chi connectivity index (χ1) is 4.42. The molecule has 0 spiro atoms. The van der Waals surface area contributed by atoms with Crippen LogP contribution in [0.2, 0.25) is 0 Å². The number of hydrogen-bond donors (Lipinski definition) is 3. The van der Waals surface area contributed by atoms with Crippen LogP contribution >= 0.6 is 7.60 Å². The second kappa shape index (κ2) is 6.37. The molecule has 0 rings (SSSR count). The van der Waals surface area contributed by atoms with Crippen LogP contribution in [0.3, 0.4) is 0 Å². The zero-order valence-electron chi connectivity index (χ0n) is 5.69. The van der Waals surface area contributed by atoms with Crippen molar-refractivity contribution in [1.29, 1.82) is 0 Å². The van der Waals surface area contributed by atoms with E-state index in [1.807, 2.05) is 5.32 Å². The molecular weight excluding hydrogens is 201 g/mol. The average Bonchev–Trinajstić information content (AvgIpc) is 1.59. The molecule has 0 saturated carbocycles. The van der Waals surface area contributed by atoms with Crippen LogP contribution in [0.15, 0.2) is 0 Å². The van der Waals surface area contributed by atoms with E-state index in [4.69, 9.17) is 9.79 Å². The summed E-state index contributed by atoms with van der Waals surface area (Å²) in [5.74, 6) is -1.39. The zero-order valence-corrected chi connectivity index (χ0v) is 8.79. The monoisotopic (exact) mass is 208 g/mol. The van der Waals surface area contributed by atoms with E-state index in [2.05, 4.69) is 0 Å². The number of hydrogen-bond acceptors (Lipinski definition) is 4. The van der Waals surface area contributed by atoms with Crippen LogP contribution in [0.1, 0.15) is 0 Å². The van der Waals surface area contributed by atoms with Crippen molar-refractivity contribution in [3.8, 4) is 0 Å². The molecule has 6 nitrogen and oxygen atoms in total. The van der Waals surface area contributed by atoms with Crippen LogP contribution in [-0.2, 0) is 9.36 Å². The maximum absolute atomic E-state index is 10.0. The Hall–Kier alpha value is 0.840. The van der Waals surface area contributed by atoms with Crippen LogP contribution in [0.4, 0.5) is 0 Å². The summed E-state index contributed by atoms with van der Waals surface area (Å²) in [6.07, 6.45) is -0.638. The number of carboxylic acids is 1. The Morgan fingerprint density at radius 3 is 2.27 bits per heavy atom. The summed E-state index contributed by atoms with van der Waals surface area (Å²) in [4.78, 5) is 26.0. The van der Waals surface area contributed by atoms with E-state index in [0.29, 0.717) is 0 Å². The maximum Gasteiger partial charge on any atom is 2.00 e. The molecule has 3 N–H and O–H groups in total. The quantitative estimate of drug-likeness (QED) is 0.337. The van der Waals surface area contributed by atoms with Gasteiger partial charge in [0.05, 0.1) is 12.3 Å². The van der Waals surface area contributed by atoms with E-state index >= 15 is 0 Å². The normalized spacial score (nSPS) is 10.4. The first kappa shape index (κ1) is 14.4. The molecule has 0 fully saturated rings. The summed E-state index contributed by atoms with van der Waals surface area (Å²) < 4.78 is 10.0. The van der Waals surface area contributed by atoms with Gasteiger partial charge >= 0.3 is 45.3 Å². The van der Waals surface area contributed by atoms with Crippen molar-refractivity contribution < 1.29 is 24.3 Å². The third-order valence-corrected chi connectivity index (χ3v) is 1.22. The predicted molar refractivity (Wildman–Crippen MR) is 35.7 cm³/mol. The summed E-state index contributed by atoms with van der Waals surface area (Å²) in [7, 11) is -4.12. The molecule has 0 aromatic carbocycles. The van der Waals surface area contributed by atoms with Crippen LogP contribution in [0.5, 0.6) is 0 Å². The Balaban J connectivity index is 0. The van der Waals surface area contributed by atoms with E-state index in [9.17, 15) is 14.5 Å². The maximum atomic E-state index is 10.0. The van der Waals surface area contributed by atoms with E-state index < -0.39 is 26.4 Å². The topological polar surface area (TPSA) is 110 Å². The van der Waals surface area contributed by atoms with Gasteiger partial charge in [-0.2, -0.15) is 0 Å². The summed E-state index contributed by atoms with van der Waals surface area (Å²) in [6, 6.07) is 0. The molecular formula is C3H7CaNO5P+. The van der Waals surface area contributed by atoms with Gasteiger partial charge in [-0.1, -0.05) is 0 Å². The molecule has 0 heterocycles. The molecule has 0 aliphatic heterocycles. The summed E-state index contributed by atoms with van der Waals surface area (Å²) >= 11 is 0. The van der Waals surface area contributed by atoms with Crippen molar-refractivity contribution >= 4 is 51.3 Å². The Labute approximate surface area is 93.1 Å². The third kappa shape index (κ3) is 13.8. The fraction of sp³-hybridized carbons (Fsp3) is 0.667. The van der Waals surface area contributed by atoms with Gasteiger partial charge in [0.15, 0.2) is 0 Å². The molecule has 0 aliphatic rings. The molecule has 0 aromatic rings. The van der Waals surface area contributed by atoms with E-state index in [0.717, 1.165) is 0 Å². The molecule has 0 radical (unpaired) electrons. The fourth-order valence-electron chi connectivity index (χ4n) is 0.304. The number of carbonyl (C=O) groups excluding carboxylic acids is 1. The van der Waals surface area contributed by atoms with Gasteiger partial charge in [-0.3, -0.25) is 4.57 Å². The number of nitrogens with one attached hydrogen (secondary N) is 1. The minimum Gasteiger partial charge on any atom is -0.549 e. The van der Waals surface area contributed by atoms with Crippen LogP contribution in [-0.4, -0.2) is 66.3 Å². The second-order valence-corrected chi connectivity index (χ2v) is 3.27. The van der Waals surface area contributed by atoms with Gasteiger partial charge in [0.25, 0.3) is 0 Å². The first-order valence-corrected chi connectivity index (χ1v) is 4.17. The van der Waals surface area contributed by atoms with Crippen LogP contribution in [0, 0.1) is 0 Å². The van der Waals surface area contributed by atoms with Gasteiger partial charge in [-0.25, -0.2) is 0 Å². The molecule has 8 heteroatoms. The van der Waals surface area contributed by atoms with Crippen LogP contribution < -0.4 is 10.4 Å². The molecule has 0 amide bonds. The predicted octanol–water partition coefficient (Wildman–Crippen LogP) is -2.92. The Morgan fingerprint density at radius 2 is 2.00 bits per heavy atom. The number of carbonyl (C=O) groups is 1. The van der Waals surface area contributed by atoms with Gasteiger partial charge in [0.2, 0.25) is 0 Å². The van der Waals surface area contributed by atoms with E-state index in [1.165, 1.54) is 0 Å². The molecule has 60 valence electrons. The standard InChI is InChI=1S/C3H8NO5P.Ca/c5-3(6)1-4-2-10(7,8)9;/h4H,1-2H2,(H,5,6)(H2,7,8,9);/q;+2/p-1. The number of carboxylic acid groups (broad SMARTS) is 1. The van der Waals surface area contributed by atoms with Gasteiger partial charge in [-0.05, 0) is 0 Å². The number of rotatable bonds is 4. The minimum absolute atomic E-state index is 0. The van der Waals surface area contributed by atoms with Gasteiger partial charge in [0.1, 0.15) is 0 Å². The Morgan fingerprint density at radius 1 is 1.55 bits per heavy atom. The summed E-state index contributed by atoms with van der Waals surface area (Å²) in [5, 5.41) is 11.7. The van der Waals surface area contributed by atoms with E-state index in [1.54, 1.807) is 0 Å². The molecule has 0 aliphatic carbocycles. The third-order valence-electron chi connectivity index (χ3n) is 0.587. The van der Waals surface area contributed by atoms with E-state index in [-0.39, 0.29) is 37.7 Å². The zero-order chi connectivity index (χ0) is 8.20. The van der Waals surface area contributed by atoms with Crippen molar-refractivity contribution in [2.45, 2.75) is 0 Å². The van der Waals surface area contributed by atoms with Crippen molar-refractivity contribution in [1.82, 2.24) is 5.32 Å².